The summed E-state index contributed by atoms with van der Waals surface area (Å²) < 4.78 is 39.0. The van der Waals surface area contributed by atoms with E-state index in [2.05, 4.69) is 15.3 Å². The lowest BCUT2D eigenvalue weighted by Gasteiger charge is -2.25. The maximum atomic E-state index is 13.0. The Bertz CT molecular complexity index is 635. The van der Waals surface area contributed by atoms with E-state index in [0.29, 0.717) is 11.4 Å². The Labute approximate surface area is 126 Å². The van der Waals surface area contributed by atoms with E-state index >= 15 is 0 Å². The first kappa shape index (κ1) is 15.0. The lowest BCUT2D eigenvalue weighted by atomic mass is 9.86. The van der Waals surface area contributed by atoms with Gasteiger partial charge in [-0.1, -0.05) is 6.07 Å². The number of piperidine rings is 1. The largest absolute Gasteiger partial charge is 0.416 e. The van der Waals surface area contributed by atoms with Gasteiger partial charge in [0.25, 0.3) is 0 Å². The average Bonchev–Trinajstić information content (AvgIpc) is 2.55. The molecule has 0 spiro atoms. The van der Waals surface area contributed by atoms with Crippen LogP contribution in [0.2, 0.25) is 0 Å². The lowest BCUT2D eigenvalue weighted by molar-refractivity contribution is -0.137. The van der Waals surface area contributed by atoms with Crippen molar-refractivity contribution >= 4 is 0 Å². The topological polar surface area (TPSA) is 37.8 Å². The first-order valence-corrected chi connectivity index (χ1v) is 7.25. The molecule has 2 aromatic rings. The van der Waals surface area contributed by atoms with Crippen LogP contribution in [0.4, 0.5) is 13.2 Å². The Balaban J connectivity index is 2.09. The molecule has 116 valence electrons. The summed E-state index contributed by atoms with van der Waals surface area (Å²) in [6, 6.07) is 5.57. The summed E-state index contributed by atoms with van der Waals surface area (Å²) in [5.41, 5.74) is 0.732. The number of halogens is 3. The van der Waals surface area contributed by atoms with Gasteiger partial charge in [0.1, 0.15) is 0 Å². The zero-order valence-electron chi connectivity index (χ0n) is 11.9. The van der Waals surface area contributed by atoms with Crippen LogP contribution in [0.1, 0.15) is 29.9 Å². The standard InChI is InChI=1S/C16H16F3N3/c17-16(18,19)12-2-3-13(11-4-8-20-9-5-11)14(10-12)15-21-6-1-7-22-15/h1-3,6-7,10-11,20H,4-5,8-9H2. The molecule has 1 aliphatic heterocycles. The van der Waals surface area contributed by atoms with Gasteiger partial charge in [0.2, 0.25) is 0 Å². The molecular formula is C16H16F3N3. The molecule has 6 heteroatoms. The number of alkyl halides is 3. The molecule has 1 N–H and O–H groups in total. The predicted molar refractivity (Wildman–Crippen MR) is 77.3 cm³/mol. The van der Waals surface area contributed by atoms with Gasteiger partial charge in [0, 0.05) is 18.0 Å². The maximum Gasteiger partial charge on any atom is 0.416 e. The maximum absolute atomic E-state index is 13.0. The molecule has 3 rings (SSSR count). The van der Waals surface area contributed by atoms with Gasteiger partial charge in [-0.15, -0.1) is 0 Å². The second kappa shape index (κ2) is 6.04. The number of hydrogen-bond donors (Lipinski definition) is 1. The third-order valence-corrected chi connectivity index (χ3v) is 3.97. The molecule has 0 atom stereocenters. The number of nitrogens with one attached hydrogen (secondary N) is 1. The van der Waals surface area contributed by atoms with Gasteiger partial charge in [0.15, 0.2) is 5.82 Å². The van der Waals surface area contributed by atoms with E-state index in [1.54, 1.807) is 24.5 Å². The Morgan fingerprint density at radius 3 is 2.36 bits per heavy atom. The van der Waals surface area contributed by atoms with Gasteiger partial charge in [-0.3, -0.25) is 0 Å². The Hall–Kier alpha value is -1.95. The lowest BCUT2D eigenvalue weighted by Crippen LogP contribution is -2.27. The molecule has 1 aromatic carbocycles. The van der Waals surface area contributed by atoms with Crippen molar-refractivity contribution in [2.45, 2.75) is 24.9 Å². The Morgan fingerprint density at radius 1 is 1.05 bits per heavy atom. The molecule has 3 nitrogen and oxygen atoms in total. The quantitative estimate of drug-likeness (QED) is 0.920. The van der Waals surface area contributed by atoms with Crippen LogP contribution in [0.15, 0.2) is 36.7 Å². The first-order valence-electron chi connectivity index (χ1n) is 7.25. The molecule has 0 bridgehead atoms. The van der Waals surface area contributed by atoms with Crippen LogP contribution in [0.3, 0.4) is 0 Å². The average molecular weight is 307 g/mol. The molecular weight excluding hydrogens is 291 g/mol. The fraction of sp³-hybridized carbons (Fsp3) is 0.375. The van der Waals surface area contributed by atoms with Gasteiger partial charge in [-0.25, -0.2) is 9.97 Å². The summed E-state index contributed by atoms with van der Waals surface area (Å²) in [7, 11) is 0. The first-order chi connectivity index (χ1) is 10.6. The summed E-state index contributed by atoms with van der Waals surface area (Å²) >= 11 is 0. The van der Waals surface area contributed by atoms with Crippen molar-refractivity contribution in [3.63, 3.8) is 0 Å². The highest BCUT2D eigenvalue weighted by atomic mass is 19.4. The summed E-state index contributed by atoms with van der Waals surface area (Å²) in [6.07, 6.45) is 0.552. The van der Waals surface area contributed by atoms with Gasteiger partial charge >= 0.3 is 6.18 Å². The predicted octanol–water partition coefficient (Wildman–Crippen LogP) is 3.63. The smallest absolute Gasteiger partial charge is 0.317 e. The fourth-order valence-electron chi connectivity index (χ4n) is 2.85. The molecule has 1 saturated heterocycles. The SMILES string of the molecule is FC(F)(F)c1ccc(C2CCNCC2)c(-c2ncccn2)c1. The molecule has 2 heterocycles. The van der Waals surface area contributed by atoms with Crippen LogP contribution in [-0.2, 0) is 6.18 Å². The highest BCUT2D eigenvalue weighted by Crippen LogP contribution is 2.37. The fourth-order valence-corrected chi connectivity index (χ4v) is 2.85. The minimum absolute atomic E-state index is 0.238. The molecule has 0 aliphatic carbocycles. The van der Waals surface area contributed by atoms with Crippen LogP contribution in [0, 0.1) is 0 Å². The minimum Gasteiger partial charge on any atom is -0.317 e. The van der Waals surface area contributed by atoms with Gasteiger partial charge in [0.05, 0.1) is 5.56 Å². The summed E-state index contributed by atoms with van der Waals surface area (Å²) in [5, 5.41) is 3.27. The van der Waals surface area contributed by atoms with E-state index in [-0.39, 0.29) is 5.92 Å². The minimum atomic E-state index is -4.36. The van der Waals surface area contributed by atoms with E-state index in [9.17, 15) is 13.2 Å². The number of rotatable bonds is 2. The van der Waals surface area contributed by atoms with Crippen molar-refractivity contribution in [1.29, 1.82) is 0 Å². The second-order valence-corrected chi connectivity index (χ2v) is 5.40. The third kappa shape index (κ3) is 3.11. The molecule has 22 heavy (non-hydrogen) atoms. The Morgan fingerprint density at radius 2 is 1.73 bits per heavy atom. The van der Waals surface area contributed by atoms with Crippen LogP contribution in [-0.4, -0.2) is 23.1 Å². The molecule has 1 aliphatic rings. The van der Waals surface area contributed by atoms with Crippen LogP contribution < -0.4 is 5.32 Å². The Kier molecular flexibility index (Phi) is 4.11. The van der Waals surface area contributed by atoms with E-state index in [1.165, 1.54) is 6.07 Å². The van der Waals surface area contributed by atoms with E-state index in [0.717, 1.165) is 37.6 Å². The number of benzene rings is 1. The van der Waals surface area contributed by atoms with Crippen molar-refractivity contribution in [1.82, 2.24) is 15.3 Å². The third-order valence-electron chi connectivity index (χ3n) is 3.97. The summed E-state index contributed by atoms with van der Waals surface area (Å²) in [5.74, 6) is 0.587. The monoisotopic (exact) mass is 307 g/mol. The molecule has 1 aromatic heterocycles. The van der Waals surface area contributed by atoms with E-state index < -0.39 is 11.7 Å². The summed E-state index contributed by atoms with van der Waals surface area (Å²) in [4.78, 5) is 8.27. The molecule has 0 saturated carbocycles. The van der Waals surface area contributed by atoms with Crippen molar-refractivity contribution < 1.29 is 13.2 Å². The van der Waals surface area contributed by atoms with E-state index in [1.807, 2.05) is 0 Å². The van der Waals surface area contributed by atoms with Crippen molar-refractivity contribution in [3.8, 4) is 11.4 Å². The highest BCUT2D eigenvalue weighted by molar-refractivity contribution is 5.62. The van der Waals surface area contributed by atoms with Crippen molar-refractivity contribution in [2.24, 2.45) is 0 Å². The van der Waals surface area contributed by atoms with Crippen LogP contribution >= 0.6 is 0 Å². The van der Waals surface area contributed by atoms with Crippen molar-refractivity contribution in [3.05, 3.63) is 47.8 Å². The molecule has 0 amide bonds. The molecule has 0 radical (unpaired) electrons. The van der Waals surface area contributed by atoms with Crippen LogP contribution in [0.25, 0.3) is 11.4 Å². The molecule has 1 fully saturated rings. The van der Waals surface area contributed by atoms with Crippen LogP contribution in [0.5, 0.6) is 0 Å². The highest BCUT2D eigenvalue weighted by Gasteiger charge is 2.32. The number of aromatic nitrogens is 2. The second-order valence-electron chi connectivity index (χ2n) is 5.40. The zero-order chi connectivity index (χ0) is 15.6. The number of hydrogen-bond acceptors (Lipinski definition) is 3. The number of nitrogens with zero attached hydrogens (tertiary/aromatic N) is 2. The van der Waals surface area contributed by atoms with Crippen molar-refractivity contribution in [2.75, 3.05) is 13.1 Å². The summed E-state index contributed by atoms with van der Waals surface area (Å²) in [6.45, 7) is 1.75. The van der Waals surface area contributed by atoms with Gasteiger partial charge in [-0.05, 0) is 55.6 Å². The van der Waals surface area contributed by atoms with Gasteiger partial charge < -0.3 is 5.32 Å². The zero-order valence-corrected chi connectivity index (χ0v) is 11.9. The molecule has 0 unspecified atom stereocenters. The normalized spacial score (nSPS) is 16.7. The van der Waals surface area contributed by atoms with Gasteiger partial charge in [-0.2, -0.15) is 13.2 Å². The van der Waals surface area contributed by atoms with E-state index in [4.69, 9.17) is 0 Å².